The van der Waals surface area contributed by atoms with Crippen molar-refractivity contribution in [1.29, 1.82) is 0 Å². The number of thioether (sulfide) groups is 1. The van der Waals surface area contributed by atoms with Crippen LogP contribution in [-0.4, -0.2) is 32.8 Å². The highest BCUT2D eigenvalue weighted by Gasteiger charge is 2.41. The van der Waals surface area contributed by atoms with Crippen molar-refractivity contribution in [3.05, 3.63) is 120 Å². The SMILES string of the molecule is c1ccc(C(SC2CNC(Cn3ccnn3)C2)(c2ccccc2)c2ccccc2)cc1. The maximum Gasteiger partial charge on any atom is 0.0910 e. The molecule has 0 radical (unpaired) electrons. The van der Waals surface area contributed by atoms with Gasteiger partial charge in [0.05, 0.1) is 17.5 Å². The molecule has 5 heteroatoms. The molecule has 1 aliphatic heterocycles. The van der Waals surface area contributed by atoms with E-state index < -0.39 is 0 Å². The summed E-state index contributed by atoms with van der Waals surface area (Å²) in [7, 11) is 0. The van der Waals surface area contributed by atoms with Crippen molar-refractivity contribution in [2.75, 3.05) is 6.54 Å². The van der Waals surface area contributed by atoms with Crippen LogP contribution < -0.4 is 5.32 Å². The third kappa shape index (κ3) is 4.16. The molecule has 31 heavy (non-hydrogen) atoms. The number of nitrogens with zero attached hydrogens (tertiary/aromatic N) is 3. The first-order chi connectivity index (χ1) is 15.3. The first kappa shape index (κ1) is 20.0. The molecule has 1 saturated heterocycles. The van der Waals surface area contributed by atoms with Crippen molar-refractivity contribution >= 4 is 11.8 Å². The number of rotatable bonds is 7. The number of aromatic nitrogens is 3. The minimum atomic E-state index is -0.266. The highest BCUT2D eigenvalue weighted by molar-refractivity contribution is 8.01. The van der Waals surface area contributed by atoms with Crippen LogP contribution in [0.5, 0.6) is 0 Å². The van der Waals surface area contributed by atoms with Crippen LogP contribution in [0.15, 0.2) is 103 Å². The van der Waals surface area contributed by atoms with E-state index >= 15 is 0 Å². The summed E-state index contributed by atoms with van der Waals surface area (Å²) in [5.74, 6) is 0. The van der Waals surface area contributed by atoms with E-state index in [0.29, 0.717) is 11.3 Å². The number of hydrogen-bond donors (Lipinski definition) is 1. The molecule has 0 saturated carbocycles. The Balaban J connectivity index is 1.53. The predicted octanol–water partition coefficient (Wildman–Crippen LogP) is 4.73. The Morgan fingerprint density at radius 3 is 1.87 bits per heavy atom. The molecule has 3 aromatic carbocycles. The lowest BCUT2D eigenvalue weighted by atomic mass is 9.84. The Kier molecular flexibility index (Phi) is 5.87. The normalized spacial score (nSPS) is 18.8. The number of nitrogens with one attached hydrogen (secondary N) is 1. The zero-order valence-corrected chi connectivity index (χ0v) is 18.2. The van der Waals surface area contributed by atoms with Crippen LogP contribution in [-0.2, 0) is 11.3 Å². The maximum atomic E-state index is 4.14. The summed E-state index contributed by atoms with van der Waals surface area (Å²) in [4.78, 5) is 0. The standard InChI is InChI=1S/C26H26N4S/c1-4-10-21(11-5-1)26(22-12-6-2-7-13-22,23-14-8-3-9-15-23)31-25-18-24(27-19-25)20-30-17-16-28-29-30/h1-17,24-25,27H,18-20H2. The van der Waals surface area contributed by atoms with Crippen LogP contribution in [0.3, 0.4) is 0 Å². The molecular formula is C26H26N4S. The van der Waals surface area contributed by atoms with Gasteiger partial charge in [-0.05, 0) is 23.1 Å². The van der Waals surface area contributed by atoms with E-state index in [1.54, 1.807) is 6.20 Å². The average molecular weight is 427 g/mol. The number of hydrogen-bond acceptors (Lipinski definition) is 4. The minimum Gasteiger partial charge on any atom is -0.311 e. The van der Waals surface area contributed by atoms with Gasteiger partial charge in [-0.1, -0.05) is 96.2 Å². The van der Waals surface area contributed by atoms with Crippen LogP contribution in [0, 0.1) is 0 Å². The van der Waals surface area contributed by atoms with Crippen molar-refractivity contribution in [2.24, 2.45) is 0 Å². The van der Waals surface area contributed by atoms with Gasteiger partial charge >= 0.3 is 0 Å². The first-order valence-electron chi connectivity index (χ1n) is 10.8. The lowest BCUT2D eigenvalue weighted by molar-refractivity contribution is 0.467. The van der Waals surface area contributed by atoms with E-state index in [9.17, 15) is 0 Å². The molecule has 1 N–H and O–H groups in total. The monoisotopic (exact) mass is 426 g/mol. The van der Waals surface area contributed by atoms with Crippen LogP contribution in [0.4, 0.5) is 0 Å². The fraction of sp³-hybridized carbons (Fsp3) is 0.231. The second-order valence-corrected chi connectivity index (χ2v) is 9.50. The Morgan fingerprint density at radius 1 is 0.839 bits per heavy atom. The van der Waals surface area contributed by atoms with Crippen molar-refractivity contribution in [2.45, 2.75) is 29.0 Å². The maximum absolute atomic E-state index is 4.14. The average Bonchev–Trinajstić information content (AvgIpc) is 3.52. The molecule has 0 amide bonds. The van der Waals surface area contributed by atoms with E-state index in [1.807, 2.05) is 10.9 Å². The summed E-state index contributed by atoms with van der Waals surface area (Å²) in [6.45, 7) is 1.84. The molecule has 1 aliphatic rings. The topological polar surface area (TPSA) is 42.7 Å². The lowest BCUT2D eigenvalue weighted by Gasteiger charge is -2.37. The largest absolute Gasteiger partial charge is 0.311 e. The summed E-state index contributed by atoms with van der Waals surface area (Å²) < 4.78 is 1.65. The van der Waals surface area contributed by atoms with Crippen LogP contribution in [0.25, 0.3) is 0 Å². The molecule has 4 aromatic rings. The smallest absolute Gasteiger partial charge is 0.0910 e. The van der Waals surface area contributed by atoms with Gasteiger partial charge in [-0.3, -0.25) is 4.68 Å². The second kappa shape index (κ2) is 9.08. The molecule has 1 aromatic heterocycles. The number of benzene rings is 3. The van der Waals surface area contributed by atoms with E-state index in [-0.39, 0.29) is 4.75 Å². The van der Waals surface area contributed by atoms with Crippen molar-refractivity contribution in [3.63, 3.8) is 0 Å². The third-order valence-electron chi connectivity index (χ3n) is 5.95. The fourth-order valence-electron chi connectivity index (χ4n) is 4.54. The van der Waals surface area contributed by atoms with Gasteiger partial charge < -0.3 is 5.32 Å². The van der Waals surface area contributed by atoms with Gasteiger partial charge in [0.15, 0.2) is 0 Å². The highest BCUT2D eigenvalue weighted by Crippen LogP contribution is 2.51. The van der Waals surface area contributed by atoms with E-state index in [1.165, 1.54) is 16.7 Å². The molecule has 4 nitrogen and oxygen atoms in total. The predicted molar refractivity (Wildman–Crippen MR) is 127 cm³/mol. The van der Waals surface area contributed by atoms with Gasteiger partial charge in [0.2, 0.25) is 0 Å². The molecule has 2 heterocycles. The van der Waals surface area contributed by atoms with Gasteiger partial charge in [-0.25, -0.2) is 0 Å². The van der Waals surface area contributed by atoms with Gasteiger partial charge in [0, 0.05) is 24.0 Å². The van der Waals surface area contributed by atoms with Gasteiger partial charge in [-0.2, -0.15) is 0 Å². The van der Waals surface area contributed by atoms with Crippen molar-refractivity contribution in [3.8, 4) is 0 Å². The first-order valence-corrected chi connectivity index (χ1v) is 11.6. The molecular weight excluding hydrogens is 400 g/mol. The summed E-state index contributed by atoms with van der Waals surface area (Å²) in [5.41, 5.74) is 3.95. The van der Waals surface area contributed by atoms with Crippen molar-refractivity contribution < 1.29 is 0 Å². The summed E-state index contributed by atoms with van der Waals surface area (Å²) in [5, 5.41) is 12.3. The second-order valence-electron chi connectivity index (χ2n) is 7.99. The van der Waals surface area contributed by atoms with E-state index in [2.05, 4.69) is 118 Å². The van der Waals surface area contributed by atoms with Gasteiger partial charge in [0.25, 0.3) is 0 Å². The lowest BCUT2D eigenvalue weighted by Crippen LogP contribution is -2.29. The quantitative estimate of drug-likeness (QED) is 0.434. The molecule has 1 fully saturated rings. The Labute approximate surface area is 187 Å². The van der Waals surface area contributed by atoms with Crippen LogP contribution >= 0.6 is 11.8 Å². The van der Waals surface area contributed by atoms with E-state index in [4.69, 9.17) is 0 Å². The van der Waals surface area contributed by atoms with E-state index in [0.717, 1.165) is 19.5 Å². The zero-order chi connectivity index (χ0) is 20.9. The molecule has 2 atom stereocenters. The summed E-state index contributed by atoms with van der Waals surface area (Å²) in [6, 6.07) is 33.2. The molecule has 2 unspecified atom stereocenters. The van der Waals surface area contributed by atoms with Crippen LogP contribution in [0.2, 0.25) is 0 Å². The third-order valence-corrected chi connectivity index (χ3v) is 7.70. The van der Waals surface area contributed by atoms with Crippen molar-refractivity contribution in [1.82, 2.24) is 20.3 Å². The molecule has 0 spiro atoms. The van der Waals surface area contributed by atoms with Gasteiger partial charge in [0.1, 0.15) is 0 Å². The molecule has 5 rings (SSSR count). The summed E-state index contributed by atoms with van der Waals surface area (Å²) >= 11 is 2.07. The molecule has 156 valence electrons. The molecule has 0 aliphatic carbocycles. The zero-order valence-electron chi connectivity index (χ0n) is 17.3. The highest BCUT2D eigenvalue weighted by atomic mass is 32.2. The Morgan fingerprint density at radius 2 is 1.39 bits per heavy atom. The Bertz CT molecular complexity index is 972. The summed E-state index contributed by atoms with van der Waals surface area (Å²) in [6.07, 6.45) is 4.77. The van der Waals surface area contributed by atoms with Crippen LogP contribution in [0.1, 0.15) is 23.1 Å². The Hall–Kier alpha value is -2.89. The fourth-order valence-corrected chi connectivity index (χ4v) is 6.36. The minimum absolute atomic E-state index is 0.266. The van der Waals surface area contributed by atoms with Gasteiger partial charge in [-0.15, -0.1) is 16.9 Å². The molecule has 0 bridgehead atoms.